The van der Waals surface area contributed by atoms with Crippen LogP contribution in [0.15, 0.2) is 58.9 Å². The molecule has 3 aromatic rings. The summed E-state index contributed by atoms with van der Waals surface area (Å²) in [5, 5.41) is 15.3. The number of carbonyl (C=O) groups is 1. The molecule has 1 saturated heterocycles. The molecular formula is C24H29N5O2S2. The standard InChI is InChI=1S/C24H29N5O2S2/c1-2-18-8-10-20(11-9-18)26-23-27-28-24(33-23)32-17-22(30)25-14-21-16-29(12-13-31-21)15-19-6-4-3-5-7-19/h3-11,21H,2,12-17H2,1H3,(H,25,30)(H,26,27). The van der Waals surface area contributed by atoms with E-state index in [9.17, 15) is 4.79 Å². The lowest BCUT2D eigenvalue weighted by Crippen LogP contribution is -2.47. The fourth-order valence-electron chi connectivity index (χ4n) is 3.56. The van der Waals surface area contributed by atoms with Crippen molar-refractivity contribution in [3.05, 3.63) is 65.7 Å². The third-order valence-electron chi connectivity index (χ3n) is 5.35. The molecule has 0 spiro atoms. The summed E-state index contributed by atoms with van der Waals surface area (Å²) in [7, 11) is 0. The zero-order valence-electron chi connectivity index (χ0n) is 18.7. The smallest absolute Gasteiger partial charge is 0.230 e. The van der Waals surface area contributed by atoms with Crippen molar-refractivity contribution < 1.29 is 9.53 Å². The van der Waals surface area contributed by atoms with Gasteiger partial charge in [0.05, 0.1) is 18.5 Å². The molecule has 33 heavy (non-hydrogen) atoms. The number of anilines is 2. The number of thioether (sulfide) groups is 1. The minimum atomic E-state index is -0.0244. The number of aryl methyl sites for hydroxylation is 1. The maximum Gasteiger partial charge on any atom is 0.230 e. The number of carbonyl (C=O) groups excluding carboxylic acids is 1. The van der Waals surface area contributed by atoms with E-state index < -0.39 is 0 Å². The van der Waals surface area contributed by atoms with E-state index >= 15 is 0 Å². The molecule has 174 valence electrons. The highest BCUT2D eigenvalue weighted by Gasteiger charge is 2.21. The second-order valence-corrected chi connectivity index (χ2v) is 10.1. The highest BCUT2D eigenvalue weighted by Crippen LogP contribution is 2.27. The van der Waals surface area contributed by atoms with Crippen LogP contribution in [0.25, 0.3) is 0 Å². The Morgan fingerprint density at radius 1 is 1.15 bits per heavy atom. The van der Waals surface area contributed by atoms with Crippen LogP contribution in [0.4, 0.5) is 10.8 Å². The third-order valence-corrected chi connectivity index (χ3v) is 7.32. The van der Waals surface area contributed by atoms with Gasteiger partial charge in [0.25, 0.3) is 0 Å². The van der Waals surface area contributed by atoms with Crippen LogP contribution in [0.5, 0.6) is 0 Å². The van der Waals surface area contributed by atoms with E-state index in [1.54, 1.807) is 0 Å². The fourth-order valence-corrected chi connectivity index (χ4v) is 5.16. The van der Waals surface area contributed by atoms with Gasteiger partial charge in [-0.3, -0.25) is 9.69 Å². The van der Waals surface area contributed by atoms with Gasteiger partial charge in [0.15, 0.2) is 4.34 Å². The monoisotopic (exact) mass is 483 g/mol. The predicted molar refractivity (Wildman–Crippen MR) is 134 cm³/mol. The topological polar surface area (TPSA) is 79.4 Å². The highest BCUT2D eigenvalue weighted by molar-refractivity contribution is 8.01. The van der Waals surface area contributed by atoms with Gasteiger partial charge in [-0.25, -0.2) is 0 Å². The Morgan fingerprint density at radius 2 is 1.97 bits per heavy atom. The number of benzene rings is 2. The number of rotatable bonds is 10. The van der Waals surface area contributed by atoms with Gasteiger partial charge in [0.1, 0.15) is 0 Å². The van der Waals surface area contributed by atoms with E-state index in [-0.39, 0.29) is 12.0 Å². The largest absolute Gasteiger partial charge is 0.374 e. The zero-order valence-corrected chi connectivity index (χ0v) is 20.3. The molecule has 1 amide bonds. The summed E-state index contributed by atoms with van der Waals surface area (Å²) < 4.78 is 6.61. The van der Waals surface area contributed by atoms with Gasteiger partial charge in [-0.05, 0) is 29.7 Å². The number of amides is 1. The van der Waals surface area contributed by atoms with Gasteiger partial charge in [0.2, 0.25) is 11.0 Å². The van der Waals surface area contributed by atoms with Crippen molar-refractivity contribution in [2.45, 2.75) is 30.3 Å². The Hall–Kier alpha value is -2.46. The number of hydrogen-bond donors (Lipinski definition) is 2. The van der Waals surface area contributed by atoms with Gasteiger partial charge in [-0.2, -0.15) is 0 Å². The van der Waals surface area contributed by atoms with Crippen molar-refractivity contribution in [3.8, 4) is 0 Å². The summed E-state index contributed by atoms with van der Waals surface area (Å²) in [5.74, 6) is 0.281. The van der Waals surface area contributed by atoms with Crippen molar-refractivity contribution in [2.75, 3.05) is 37.3 Å². The Balaban J connectivity index is 1.16. The first-order valence-electron chi connectivity index (χ1n) is 11.1. The Labute approximate surface area is 202 Å². The van der Waals surface area contributed by atoms with E-state index in [0.29, 0.717) is 18.9 Å². The summed E-state index contributed by atoms with van der Waals surface area (Å²) in [4.78, 5) is 14.7. The van der Waals surface area contributed by atoms with Crippen LogP contribution in [0.3, 0.4) is 0 Å². The molecule has 7 nitrogen and oxygen atoms in total. The quantitative estimate of drug-likeness (QED) is 0.423. The highest BCUT2D eigenvalue weighted by atomic mass is 32.2. The van der Waals surface area contributed by atoms with Crippen LogP contribution in [0.1, 0.15) is 18.1 Å². The zero-order chi connectivity index (χ0) is 22.9. The summed E-state index contributed by atoms with van der Waals surface area (Å²) in [5.41, 5.74) is 3.57. The SMILES string of the molecule is CCc1ccc(Nc2nnc(SCC(=O)NCC3CN(Cc4ccccc4)CCO3)s2)cc1. The van der Waals surface area contributed by atoms with Crippen LogP contribution in [0, 0.1) is 0 Å². The molecule has 2 N–H and O–H groups in total. The first kappa shape index (κ1) is 23.7. The summed E-state index contributed by atoms with van der Waals surface area (Å²) in [6.45, 7) is 5.96. The summed E-state index contributed by atoms with van der Waals surface area (Å²) in [6, 6.07) is 18.7. The molecule has 1 aliphatic rings. The maximum absolute atomic E-state index is 12.3. The molecule has 2 heterocycles. The molecule has 1 aliphatic heterocycles. The van der Waals surface area contributed by atoms with E-state index in [4.69, 9.17) is 4.74 Å². The lowest BCUT2D eigenvalue weighted by atomic mass is 10.1. The van der Waals surface area contributed by atoms with E-state index in [1.807, 2.05) is 18.2 Å². The number of morpholine rings is 1. The van der Waals surface area contributed by atoms with Gasteiger partial charge in [-0.1, -0.05) is 72.5 Å². The van der Waals surface area contributed by atoms with Gasteiger partial charge < -0.3 is 15.4 Å². The molecule has 1 fully saturated rings. The molecule has 1 atom stereocenters. The fraction of sp³-hybridized carbons (Fsp3) is 0.375. The number of nitrogens with zero attached hydrogens (tertiary/aromatic N) is 3. The molecule has 9 heteroatoms. The lowest BCUT2D eigenvalue weighted by Gasteiger charge is -2.33. The number of aromatic nitrogens is 2. The van der Waals surface area contributed by atoms with Crippen LogP contribution in [-0.2, 0) is 22.5 Å². The molecule has 0 aliphatic carbocycles. The van der Waals surface area contributed by atoms with Crippen molar-refractivity contribution >= 4 is 39.8 Å². The normalized spacial score (nSPS) is 16.5. The van der Waals surface area contributed by atoms with Crippen molar-refractivity contribution in [1.29, 1.82) is 0 Å². The first-order chi connectivity index (χ1) is 16.2. The molecule has 1 aromatic heterocycles. The van der Waals surface area contributed by atoms with Gasteiger partial charge >= 0.3 is 0 Å². The number of nitrogens with one attached hydrogen (secondary N) is 2. The van der Waals surface area contributed by atoms with E-state index in [0.717, 1.165) is 41.2 Å². The Kier molecular flexibility index (Phi) is 8.71. The Morgan fingerprint density at radius 3 is 2.76 bits per heavy atom. The van der Waals surface area contributed by atoms with E-state index in [1.165, 1.54) is 34.2 Å². The van der Waals surface area contributed by atoms with Crippen LogP contribution in [0.2, 0.25) is 0 Å². The average molecular weight is 484 g/mol. The first-order valence-corrected chi connectivity index (χ1v) is 12.9. The molecule has 0 saturated carbocycles. The van der Waals surface area contributed by atoms with Crippen molar-refractivity contribution in [3.63, 3.8) is 0 Å². The predicted octanol–water partition coefficient (Wildman–Crippen LogP) is 3.95. The minimum absolute atomic E-state index is 0.00726. The molecule has 2 aromatic carbocycles. The average Bonchev–Trinajstić information content (AvgIpc) is 3.30. The van der Waals surface area contributed by atoms with Crippen LogP contribution >= 0.6 is 23.1 Å². The second-order valence-electron chi connectivity index (χ2n) is 7.85. The van der Waals surface area contributed by atoms with Crippen molar-refractivity contribution in [1.82, 2.24) is 20.4 Å². The molecule has 0 radical (unpaired) electrons. The van der Waals surface area contributed by atoms with Crippen molar-refractivity contribution in [2.24, 2.45) is 0 Å². The number of hydrogen-bond acceptors (Lipinski definition) is 8. The number of ether oxygens (including phenoxy) is 1. The molecule has 1 unspecified atom stereocenters. The summed E-state index contributed by atoms with van der Waals surface area (Å²) >= 11 is 2.84. The van der Waals surface area contributed by atoms with Gasteiger partial charge in [0, 0.05) is 31.9 Å². The van der Waals surface area contributed by atoms with E-state index in [2.05, 4.69) is 69.1 Å². The summed E-state index contributed by atoms with van der Waals surface area (Å²) in [6.07, 6.45) is 1.02. The molecule has 0 bridgehead atoms. The van der Waals surface area contributed by atoms with Crippen LogP contribution < -0.4 is 10.6 Å². The third kappa shape index (κ3) is 7.53. The minimum Gasteiger partial charge on any atom is -0.374 e. The Bertz CT molecular complexity index is 1010. The second kappa shape index (κ2) is 12.1. The van der Waals surface area contributed by atoms with Crippen LogP contribution in [-0.4, -0.2) is 59.1 Å². The van der Waals surface area contributed by atoms with Gasteiger partial charge in [-0.15, -0.1) is 10.2 Å². The maximum atomic E-state index is 12.3. The lowest BCUT2D eigenvalue weighted by molar-refractivity contribution is -0.119. The molecular weight excluding hydrogens is 454 g/mol. The molecule has 4 rings (SSSR count).